The van der Waals surface area contributed by atoms with Crippen LogP contribution in [-0.2, 0) is 4.79 Å². The lowest BCUT2D eigenvalue weighted by Crippen LogP contribution is -1.75. The maximum absolute atomic E-state index is 9.85. The van der Waals surface area contributed by atoms with E-state index in [1.165, 1.54) is 24.3 Å². The fraction of sp³-hybridized carbons (Fsp3) is 0. The summed E-state index contributed by atoms with van der Waals surface area (Å²) in [6.45, 7) is 0. The van der Waals surface area contributed by atoms with Crippen LogP contribution in [0.1, 0.15) is 5.56 Å². The summed E-state index contributed by atoms with van der Waals surface area (Å²) in [5, 5.41) is 8.89. The number of benzene rings is 1. The van der Waals surface area contributed by atoms with Gasteiger partial charge in [-0.2, -0.15) is 10.3 Å². The molecule has 0 unspecified atom stereocenters. The van der Waals surface area contributed by atoms with E-state index in [1.54, 1.807) is 0 Å². The summed E-state index contributed by atoms with van der Waals surface area (Å²) >= 11 is 5.63. The number of halogens is 1. The highest BCUT2D eigenvalue weighted by Crippen LogP contribution is 2.20. The number of nitrogens with zero attached hydrogens (tertiary/aromatic N) is 2. The molecule has 0 spiro atoms. The Labute approximate surface area is 73.9 Å². The summed E-state index contributed by atoms with van der Waals surface area (Å²) in [7, 11) is 0. The molecule has 0 N–H and O–H groups in total. The number of carbonyl (C=O) groups excluding carboxylic acids is 1. The van der Waals surface area contributed by atoms with E-state index in [0.29, 0.717) is 16.3 Å². The summed E-state index contributed by atoms with van der Waals surface area (Å²) in [6, 6.07) is 6.34. The van der Waals surface area contributed by atoms with E-state index in [1.807, 2.05) is 6.07 Å². The van der Waals surface area contributed by atoms with Crippen LogP contribution in [0.15, 0.2) is 23.2 Å². The molecule has 0 saturated carbocycles. The van der Waals surface area contributed by atoms with Gasteiger partial charge in [-0.15, -0.1) is 0 Å². The number of isocyanates is 1. The van der Waals surface area contributed by atoms with Gasteiger partial charge < -0.3 is 0 Å². The fourth-order valence-corrected chi connectivity index (χ4v) is 0.881. The molecule has 1 rings (SSSR count). The minimum Gasteiger partial charge on any atom is -0.211 e. The number of hydrogen-bond acceptors (Lipinski definition) is 3. The molecular weight excluding hydrogens is 176 g/mol. The van der Waals surface area contributed by atoms with Crippen LogP contribution in [0.3, 0.4) is 0 Å². The highest BCUT2D eigenvalue weighted by Gasteiger charge is 1.99. The van der Waals surface area contributed by atoms with Gasteiger partial charge in [-0.1, -0.05) is 11.6 Å². The number of aliphatic imine (C=N–C) groups is 1. The Morgan fingerprint density at radius 1 is 1.50 bits per heavy atom. The van der Waals surface area contributed by atoms with Gasteiger partial charge in [-0.25, -0.2) is 4.79 Å². The van der Waals surface area contributed by atoms with Crippen molar-refractivity contribution < 1.29 is 4.79 Å². The van der Waals surface area contributed by atoms with Crippen molar-refractivity contribution in [1.29, 1.82) is 5.26 Å². The van der Waals surface area contributed by atoms with Gasteiger partial charge in [-0.05, 0) is 18.2 Å². The first-order chi connectivity index (χ1) is 5.77. The van der Waals surface area contributed by atoms with Crippen molar-refractivity contribution in [1.82, 2.24) is 0 Å². The largest absolute Gasteiger partial charge is 0.240 e. The molecule has 4 heteroatoms. The highest BCUT2D eigenvalue weighted by atomic mass is 35.5. The van der Waals surface area contributed by atoms with Crippen LogP contribution >= 0.6 is 11.6 Å². The molecule has 1 aromatic rings. The predicted octanol–water partition coefficient (Wildman–Crippen LogP) is 2.18. The molecule has 0 atom stereocenters. The van der Waals surface area contributed by atoms with Crippen molar-refractivity contribution in [3.63, 3.8) is 0 Å². The molecule has 0 heterocycles. The second kappa shape index (κ2) is 3.68. The zero-order valence-corrected chi connectivity index (χ0v) is 6.67. The molecule has 0 fully saturated rings. The van der Waals surface area contributed by atoms with Gasteiger partial charge in [0.15, 0.2) is 0 Å². The lowest BCUT2D eigenvalue weighted by molar-refractivity contribution is 0.565. The van der Waals surface area contributed by atoms with Crippen LogP contribution in [0, 0.1) is 11.3 Å². The van der Waals surface area contributed by atoms with Crippen molar-refractivity contribution in [3.8, 4) is 6.07 Å². The van der Waals surface area contributed by atoms with E-state index >= 15 is 0 Å². The van der Waals surface area contributed by atoms with Crippen LogP contribution in [-0.4, -0.2) is 6.08 Å². The first kappa shape index (κ1) is 8.48. The van der Waals surface area contributed by atoms with Crippen LogP contribution in [0.5, 0.6) is 0 Å². The number of rotatable bonds is 1. The van der Waals surface area contributed by atoms with E-state index in [9.17, 15) is 4.79 Å². The highest BCUT2D eigenvalue weighted by molar-refractivity contribution is 6.31. The van der Waals surface area contributed by atoms with Gasteiger partial charge in [0.25, 0.3) is 0 Å². The minimum atomic E-state index is 0.299. The molecule has 0 radical (unpaired) electrons. The second-order valence-corrected chi connectivity index (χ2v) is 2.39. The Hall–Kier alpha value is -1.62. The average molecular weight is 179 g/mol. The maximum Gasteiger partial charge on any atom is 0.240 e. The Balaban J connectivity index is 3.24. The van der Waals surface area contributed by atoms with Crippen LogP contribution in [0.25, 0.3) is 0 Å². The molecule has 0 aliphatic heterocycles. The molecule has 0 aliphatic rings. The summed E-state index contributed by atoms with van der Waals surface area (Å²) in [5.41, 5.74) is 0.680. The lowest BCUT2D eigenvalue weighted by atomic mass is 10.2. The number of hydrogen-bond donors (Lipinski definition) is 0. The van der Waals surface area contributed by atoms with E-state index in [0.717, 1.165) is 0 Å². The smallest absolute Gasteiger partial charge is 0.211 e. The summed E-state index contributed by atoms with van der Waals surface area (Å²) in [4.78, 5) is 13.2. The standard InChI is InChI=1S/C8H3ClN2O/c9-8-2-1-7(11-5-12)3-6(8)4-10/h1-3H. The van der Waals surface area contributed by atoms with Crippen molar-refractivity contribution in [3.05, 3.63) is 28.8 Å². The van der Waals surface area contributed by atoms with E-state index < -0.39 is 0 Å². The molecule has 0 amide bonds. The Kier molecular flexibility index (Phi) is 2.60. The third-order valence-electron chi connectivity index (χ3n) is 1.25. The van der Waals surface area contributed by atoms with Gasteiger partial charge in [0.2, 0.25) is 6.08 Å². The molecular formula is C8H3ClN2O. The van der Waals surface area contributed by atoms with E-state index in [-0.39, 0.29) is 0 Å². The van der Waals surface area contributed by atoms with Crippen LogP contribution < -0.4 is 0 Å². The Morgan fingerprint density at radius 3 is 2.83 bits per heavy atom. The average Bonchev–Trinajstić information content (AvgIpc) is 2.09. The number of nitriles is 1. The van der Waals surface area contributed by atoms with Gasteiger partial charge in [0.05, 0.1) is 16.3 Å². The maximum atomic E-state index is 9.85. The third kappa shape index (κ3) is 1.70. The topological polar surface area (TPSA) is 53.2 Å². The van der Waals surface area contributed by atoms with Gasteiger partial charge in [-0.3, -0.25) is 0 Å². The summed E-state index contributed by atoms with van der Waals surface area (Å²) in [5.74, 6) is 0. The SMILES string of the molecule is N#Cc1cc(N=C=O)ccc1Cl. The fourth-order valence-electron chi connectivity index (χ4n) is 0.721. The van der Waals surface area contributed by atoms with Gasteiger partial charge >= 0.3 is 0 Å². The predicted molar refractivity (Wildman–Crippen MR) is 43.9 cm³/mol. The first-order valence-electron chi connectivity index (χ1n) is 3.05. The third-order valence-corrected chi connectivity index (χ3v) is 1.57. The Morgan fingerprint density at radius 2 is 2.25 bits per heavy atom. The molecule has 3 nitrogen and oxygen atoms in total. The van der Waals surface area contributed by atoms with Crippen molar-refractivity contribution in [2.75, 3.05) is 0 Å². The van der Waals surface area contributed by atoms with Gasteiger partial charge in [0.1, 0.15) is 6.07 Å². The van der Waals surface area contributed by atoms with Crippen molar-refractivity contribution >= 4 is 23.4 Å². The molecule has 12 heavy (non-hydrogen) atoms. The van der Waals surface area contributed by atoms with E-state index in [4.69, 9.17) is 16.9 Å². The summed E-state index contributed by atoms with van der Waals surface area (Å²) < 4.78 is 0. The molecule has 1 aromatic carbocycles. The zero-order valence-electron chi connectivity index (χ0n) is 5.91. The van der Waals surface area contributed by atoms with Crippen LogP contribution in [0.2, 0.25) is 5.02 Å². The van der Waals surface area contributed by atoms with Crippen molar-refractivity contribution in [2.45, 2.75) is 0 Å². The molecule has 0 aliphatic carbocycles. The Bertz CT molecular complexity index is 389. The first-order valence-corrected chi connectivity index (χ1v) is 3.43. The van der Waals surface area contributed by atoms with Gasteiger partial charge in [0, 0.05) is 0 Å². The monoisotopic (exact) mass is 178 g/mol. The summed E-state index contributed by atoms with van der Waals surface area (Å²) in [6.07, 6.45) is 1.38. The molecule has 0 aromatic heterocycles. The van der Waals surface area contributed by atoms with E-state index in [2.05, 4.69) is 4.99 Å². The second-order valence-electron chi connectivity index (χ2n) is 1.98. The quantitative estimate of drug-likeness (QED) is 0.489. The molecule has 0 saturated heterocycles. The minimum absolute atomic E-state index is 0.299. The van der Waals surface area contributed by atoms with Crippen molar-refractivity contribution in [2.24, 2.45) is 4.99 Å². The zero-order chi connectivity index (χ0) is 8.97. The normalized spacial score (nSPS) is 8.33. The van der Waals surface area contributed by atoms with Crippen LogP contribution in [0.4, 0.5) is 5.69 Å². The molecule has 58 valence electrons. The lowest BCUT2D eigenvalue weighted by Gasteiger charge is -1.93. The molecule has 0 bridgehead atoms.